The molecule has 2 amide bonds. The Balaban J connectivity index is 1.99. The van der Waals surface area contributed by atoms with Crippen LogP contribution in [0.15, 0.2) is 18.2 Å². The highest BCUT2D eigenvalue weighted by molar-refractivity contribution is 5.75. The van der Waals surface area contributed by atoms with E-state index in [1.165, 1.54) is 13.2 Å². The van der Waals surface area contributed by atoms with Gasteiger partial charge in [-0.25, -0.2) is 9.18 Å². The van der Waals surface area contributed by atoms with Crippen LogP contribution in [0.5, 0.6) is 5.75 Å². The van der Waals surface area contributed by atoms with Gasteiger partial charge in [-0.15, -0.1) is 0 Å². The number of aliphatic hydroxyl groups excluding tert-OH is 1. The number of amides is 2. The highest BCUT2D eigenvalue weighted by Crippen LogP contribution is 2.29. The van der Waals surface area contributed by atoms with E-state index in [0.717, 1.165) is 25.7 Å². The van der Waals surface area contributed by atoms with Crippen molar-refractivity contribution in [3.63, 3.8) is 0 Å². The summed E-state index contributed by atoms with van der Waals surface area (Å²) in [5, 5.41) is 12.1. The summed E-state index contributed by atoms with van der Waals surface area (Å²) in [7, 11) is 3.25. The van der Waals surface area contributed by atoms with Crippen molar-refractivity contribution in [3.05, 3.63) is 29.6 Å². The van der Waals surface area contributed by atoms with Gasteiger partial charge in [0.1, 0.15) is 11.6 Å². The van der Waals surface area contributed by atoms with Crippen LogP contribution in [0.4, 0.5) is 9.18 Å². The van der Waals surface area contributed by atoms with Crippen LogP contribution in [-0.4, -0.2) is 42.8 Å². The largest absolute Gasteiger partial charge is 0.496 e. The molecule has 134 valence electrons. The Labute approximate surface area is 142 Å². The van der Waals surface area contributed by atoms with Gasteiger partial charge in [0.25, 0.3) is 0 Å². The maximum atomic E-state index is 14.1. The van der Waals surface area contributed by atoms with E-state index in [2.05, 4.69) is 5.32 Å². The third-order valence-corrected chi connectivity index (χ3v) is 4.95. The lowest BCUT2D eigenvalue weighted by Gasteiger charge is -2.34. The van der Waals surface area contributed by atoms with Gasteiger partial charge in [0.15, 0.2) is 0 Å². The van der Waals surface area contributed by atoms with Crippen LogP contribution >= 0.6 is 0 Å². The Morgan fingerprint density at radius 1 is 1.42 bits per heavy atom. The molecule has 1 saturated carbocycles. The molecule has 24 heavy (non-hydrogen) atoms. The first-order chi connectivity index (χ1) is 11.5. The molecule has 1 aliphatic carbocycles. The van der Waals surface area contributed by atoms with Gasteiger partial charge in [-0.2, -0.15) is 0 Å². The molecular weight excluding hydrogens is 311 g/mol. The number of nitrogens with one attached hydrogen (secondary N) is 1. The number of hydrogen-bond acceptors (Lipinski definition) is 3. The molecule has 5 nitrogen and oxygen atoms in total. The van der Waals surface area contributed by atoms with Crippen molar-refractivity contribution in [2.45, 2.75) is 44.7 Å². The molecular formula is C18H27FN2O3. The molecule has 0 saturated heterocycles. The number of methoxy groups -OCH3 is 1. The van der Waals surface area contributed by atoms with Crippen LogP contribution in [0.1, 0.15) is 44.2 Å². The molecule has 1 aliphatic rings. The van der Waals surface area contributed by atoms with Gasteiger partial charge in [-0.1, -0.05) is 6.07 Å². The summed E-state index contributed by atoms with van der Waals surface area (Å²) in [5.41, 5.74) is 0.353. The molecule has 1 fully saturated rings. The average molecular weight is 338 g/mol. The Hall–Kier alpha value is -1.82. The summed E-state index contributed by atoms with van der Waals surface area (Å²) in [5.74, 6) is 0.376. The third-order valence-electron chi connectivity index (χ3n) is 4.95. The van der Waals surface area contributed by atoms with E-state index >= 15 is 0 Å². The highest BCUT2D eigenvalue weighted by Gasteiger charge is 2.27. The van der Waals surface area contributed by atoms with Crippen LogP contribution in [0.3, 0.4) is 0 Å². The van der Waals surface area contributed by atoms with Crippen molar-refractivity contribution < 1.29 is 19.0 Å². The van der Waals surface area contributed by atoms with Gasteiger partial charge >= 0.3 is 6.03 Å². The van der Waals surface area contributed by atoms with Crippen LogP contribution < -0.4 is 10.1 Å². The van der Waals surface area contributed by atoms with Crippen molar-refractivity contribution in [3.8, 4) is 5.75 Å². The van der Waals surface area contributed by atoms with E-state index in [1.54, 1.807) is 31.0 Å². The van der Waals surface area contributed by atoms with Gasteiger partial charge in [0.2, 0.25) is 0 Å². The third kappa shape index (κ3) is 4.17. The molecule has 0 spiro atoms. The van der Waals surface area contributed by atoms with Gasteiger partial charge in [-0.3, -0.25) is 0 Å². The minimum absolute atomic E-state index is 0.155. The highest BCUT2D eigenvalue weighted by atomic mass is 19.1. The van der Waals surface area contributed by atoms with Crippen molar-refractivity contribution in [2.24, 2.45) is 5.92 Å². The van der Waals surface area contributed by atoms with Gasteiger partial charge in [0, 0.05) is 19.7 Å². The number of urea groups is 1. The zero-order chi connectivity index (χ0) is 17.7. The second-order valence-electron chi connectivity index (χ2n) is 6.49. The van der Waals surface area contributed by atoms with Gasteiger partial charge in [0.05, 0.1) is 18.7 Å². The van der Waals surface area contributed by atoms with Crippen LogP contribution in [0, 0.1) is 11.7 Å². The minimum Gasteiger partial charge on any atom is -0.496 e. The van der Waals surface area contributed by atoms with Crippen molar-refractivity contribution in [1.29, 1.82) is 0 Å². The fourth-order valence-electron chi connectivity index (χ4n) is 3.36. The maximum Gasteiger partial charge on any atom is 0.317 e. The minimum atomic E-state index is -0.495. The molecule has 1 atom stereocenters. The zero-order valence-corrected chi connectivity index (χ0v) is 14.6. The van der Waals surface area contributed by atoms with E-state index in [1.807, 2.05) is 0 Å². The second-order valence-corrected chi connectivity index (χ2v) is 6.49. The van der Waals surface area contributed by atoms with E-state index < -0.39 is 11.9 Å². The summed E-state index contributed by atoms with van der Waals surface area (Å²) in [6.45, 7) is 1.96. The quantitative estimate of drug-likeness (QED) is 0.867. The number of benzene rings is 1. The first kappa shape index (κ1) is 18.5. The van der Waals surface area contributed by atoms with Crippen molar-refractivity contribution >= 4 is 6.03 Å². The SMILES string of the molecule is COc1cccc(F)c1C(C)NC(=O)N(C)C1CCC(CO)CC1. The summed E-state index contributed by atoms with van der Waals surface area (Å²) in [4.78, 5) is 14.2. The number of hydrogen-bond donors (Lipinski definition) is 2. The lowest BCUT2D eigenvalue weighted by molar-refractivity contribution is 0.133. The van der Waals surface area contributed by atoms with Crippen LogP contribution in [0.2, 0.25) is 0 Å². The normalized spacial score (nSPS) is 21.9. The molecule has 6 heteroatoms. The number of aliphatic hydroxyl groups is 1. The van der Waals surface area contributed by atoms with E-state index in [0.29, 0.717) is 17.2 Å². The monoisotopic (exact) mass is 338 g/mol. The van der Waals surface area contributed by atoms with Gasteiger partial charge < -0.3 is 20.1 Å². The summed E-state index contributed by atoms with van der Waals surface area (Å²) in [6.07, 6.45) is 3.62. The molecule has 0 bridgehead atoms. The zero-order valence-electron chi connectivity index (χ0n) is 14.6. The lowest BCUT2D eigenvalue weighted by atomic mass is 9.86. The molecule has 0 radical (unpaired) electrons. The van der Waals surface area contributed by atoms with E-state index in [-0.39, 0.29) is 18.7 Å². The molecule has 1 aromatic rings. The number of carbonyl (C=O) groups excluding carboxylic acids is 1. The number of ether oxygens (including phenoxy) is 1. The number of rotatable bonds is 5. The number of carbonyl (C=O) groups is 1. The molecule has 0 heterocycles. The van der Waals surface area contributed by atoms with E-state index in [4.69, 9.17) is 4.74 Å². The van der Waals surface area contributed by atoms with Crippen molar-refractivity contribution in [2.75, 3.05) is 20.8 Å². The molecule has 0 aliphatic heterocycles. The van der Waals surface area contributed by atoms with Crippen LogP contribution in [0.25, 0.3) is 0 Å². The molecule has 2 rings (SSSR count). The first-order valence-corrected chi connectivity index (χ1v) is 8.44. The summed E-state index contributed by atoms with van der Waals surface area (Å²) < 4.78 is 19.3. The van der Waals surface area contributed by atoms with E-state index in [9.17, 15) is 14.3 Å². The smallest absolute Gasteiger partial charge is 0.317 e. The van der Waals surface area contributed by atoms with Crippen molar-refractivity contribution in [1.82, 2.24) is 10.2 Å². The number of halogens is 1. The Bertz CT molecular complexity index is 559. The predicted molar refractivity (Wildman–Crippen MR) is 90.5 cm³/mol. The fraction of sp³-hybridized carbons (Fsp3) is 0.611. The molecule has 1 aromatic carbocycles. The molecule has 2 N–H and O–H groups in total. The Kier molecular flexibility index (Phi) is 6.43. The fourth-order valence-corrected chi connectivity index (χ4v) is 3.36. The standard InChI is InChI=1S/C18H27FN2O3/c1-12(17-15(19)5-4-6-16(17)24-3)20-18(23)21(2)14-9-7-13(11-22)8-10-14/h4-6,12-14,22H,7-11H2,1-3H3,(H,20,23). The maximum absolute atomic E-state index is 14.1. The molecule has 1 unspecified atom stereocenters. The topological polar surface area (TPSA) is 61.8 Å². The second kappa shape index (κ2) is 8.33. The van der Waals surface area contributed by atoms with Crippen LogP contribution in [-0.2, 0) is 0 Å². The lowest BCUT2D eigenvalue weighted by Crippen LogP contribution is -2.46. The Morgan fingerprint density at radius 2 is 2.08 bits per heavy atom. The number of nitrogens with zero attached hydrogens (tertiary/aromatic N) is 1. The van der Waals surface area contributed by atoms with Gasteiger partial charge in [-0.05, 0) is 50.7 Å². The molecule has 0 aromatic heterocycles. The Morgan fingerprint density at radius 3 is 2.67 bits per heavy atom. The summed E-state index contributed by atoms with van der Waals surface area (Å²) >= 11 is 0. The first-order valence-electron chi connectivity index (χ1n) is 8.44. The summed E-state index contributed by atoms with van der Waals surface area (Å²) in [6, 6.07) is 4.06. The predicted octanol–water partition coefficient (Wildman–Crippen LogP) is 3.09. The average Bonchev–Trinajstić information content (AvgIpc) is 2.60.